The molecule has 0 bridgehead atoms. The van der Waals surface area contributed by atoms with Crippen molar-refractivity contribution in [2.24, 2.45) is 0 Å². The van der Waals surface area contributed by atoms with Crippen molar-refractivity contribution in [1.82, 2.24) is 14.9 Å². The Hall–Kier alpha value is -2.53. The fraction of sp³-hybridized carbons (Fsp3) is 0.263. The summed E-state index contributed by atoms with van der Waals surface area (Å²) in [5, 5.41) is 3.36. The van der Waals surface area contributed by atoms with Crippen LogP contribution in [0.5, 0.6) is 0 Å². The Morgan fingerprint density at radius 1 is 1.21 bits per heavy atom. The van der Waals surface area contributed by atoms with Crippen molar-refractivity contribution >= 4 is 16.9 Å². The third-order valence-corrected chi connectivity index (χ3v) is 4.66. The van der Waals surface area contributed by atoms with E-state index in [0.29, 0.717) is 11.5 Å². The molecule has 5 heteroatoms. The van der Waals surface area contributed by atoms with Crippen molar-refractivity contribution in [2.75, 3.05) is 13.1 Å². The summed E-state index contributed by atoms with van der Waals surface area (Å²) in [6, 6.07) is 9.52. The highest BCUT2D eigenvalue weighted by atomic mass is 19.1. The smallest absolute Gasteiger partial charge is 0.262 e. The van der Waals surface area contributed by atoms with Crippen molar-refractivity contribution in [3.63, 3.8) is 0 Å². The number of carbonyl (C=O) groups is 1. The summed E-state index contributed by atoms with van der Waals surface area (Å²) in [5.74, 6) is -0.244. The number of nitrogens with zero attached hydrogens (tertiary/aromatic N) is 2. The van der Waals surface area contributed by atoms with Gasteiger partial charge < -0.3 is 5.32 Å². The molecule has 3 aromatic rings. The Balaban J connectivity index is 1.82. The standard InChI is InChI=1S/C19H18FN3O/c20-15-4-1-3-14(11-15)19(24)23-12-16(13-6-9-21-10-7-13)18-17(23)5-2-8-22-18/h1-5,8,11-13,21H,6-7,9-10H2. The number of aromatic nitrogens is 2. The van der Waals surface area contributed by atoms with Gasteiger partial charge in [0, 0.05) is 18.0 Å². The molecule has 122 valence electrons. The van der Waals surface area contributed by atoms with Gasteiger partial charge in [-0.1, -0.05) is 6.07 Å². The highest BCUT2D eigenvalue weighted by Gasteiger charge is 2.23. The number of benzene rings is 1. The minimum absolute atomic E-state index is 0.229. The van der Waals surface area contributed by atoms with Crippen LogP contribution in [0.25, 0.3) is 11.0 Å². The van der Waals surface area contributed by atoms with E-state index in [0.717, 1.165) is 42.5 Å². The molecule has 4 nitrogen and oxygen atoms in total. The van der Waals surface area contributed by atoms with Crippen LogP contribution in [0.1, 0.15) is 34.7 Å². The maximum atomic E-state index is 13.5. The van der Waals surface area contributed by atoms with Gasteiger partial charge in [-0.25, -0.2) is 4.39 Å². The maximum absolute atomic E-state index is 13.5. The lowest BCUT2D eigenvalue weighted by Crippen LogP contribution is -2.26. The molecule has 2 aromatic heterocycles. The molecule has 1 saturated heterocycles. The van der Waals surface area contributed by atoms with Crippen molar-refractivity contribution < 1.29 is 9.18 Å². The molecule has 1 aromatic carbocycles. The van der Waals surface area contributed by atoms with Gasteiger partial charge in [-0.3, -0.25) is 14.3 Å². The molecule has 0 atom stereocenters. The van der Waals surface area contributed by atoms with Crippen LogP contribution >= 0.6 is 0 Å². The monoisotopic (exact) mass is 323 g/mol. The fourth-order valence-corrected chi connectivity index (χ4v) is 3.44. The first kappa shape index (κ1) is 15.0. The molecule has 0 spiro atoms. The maximum Gasteiger partial charge on any atom is 0.262 e. The lowest BCUT2D eigenvalue weighted by atomic mass is 9.91. The molecule has 1 N–H and O–H groups in total. The van der Waals surface area contributed by atoms with E-state index >= 15 is 0 Å². The van der Waals surface area contributed by atoms with Crippen LogP contribution in [0.3, 0.4) is 0 Å². The SMILES string of the molecule is O=C(c1cccc(F)c1)n1cc(C2CCNCC2)c2ncccc21. The zero-order valence-electron chi connectivity index (χ0n) is 13.2. The largest absolute Gasteiger partial charge is 0.317 e. The van der Waals surface area contributed by atoms with Crippen LogP contribution in [-0.2, 0) is 0 Å². The van der Waals surface area contributed by atoms with Crippen molar-refractivity contribution in [3.05, 3.63) is 65.7 Å². The highest BCUT2D eigenvalue weighted by Crippen LogP contribution is 2.32. The summed E-state index contributed by atoms with van der Waals surface area (Å²) >= 11 is 0. The number of rotatable bonds is 2. The minimum atomic E-state index is -0.408. The summed E-state index contributed by atoms with van der Waals surface area (Å²) in [5.41, 5.74) is 3.10. The van der Waals surface area contributed by atoms with Crippen LogP contribution in [0.15, 0.2) is 48.8 Å². The molecule has 0 aliphatic carbocycles. The molecule has 0 radical (unpaired) electrons. The normalized spacial score (nSPS) is 15.7. The first-order valence-electron chi connectivity index (χ1n) is 8.21. The van der Waals surface area contributed by atoms with Gasteiger partial charge in [-0.2, -0.15) is 0 Å². The zero-order valence-corrected chi connectivity index (χ0v) is 13.2. The Kier molecular flexibility index (Phi) is 3.86. The third-order valence-electron chi connectivity index (χ3n) is 4.66. The Bertz CT molecular complexity index is 897. The Morgan fingerprint density at radius 3 is 2.83 bits per heavy atom. The number of fused-ring (bicyclic) bond motifs is 1. The lowest BCUT2D eigenvalue weighted by Gasteiger charge is -2.21. The second-order valence-corrected chi connectivity index (χ2v) is 6.17. The van der Waals surface area contributed by atoms with Crippen molar-refractivity contribution in [1.29, 1.82) is 0 Å². The molecule has 24 heavy (non-hydrogen) atoms. The molecule has 1 aliphatic heterocycles. The van der Waals surface area contributed by atoms with Gasteiger partial charge in [0.05, 0.1) is 11.0 Å². The molecule has 0 unspecified atom stereocenters. The van der Waals surface area contributed by atoms with E-state index in [9.17, 15) is 9.18 Å². The van der Waals surface area contributed by atoms with Crippen LogP contribution in [0.4, 0.5) is 4.39 Å². The first-order valence-corrected chi connectivity index (χ1v) is 8.21. The molecule has 3 heterocycles. The second-order valence-electron chi connectivity index (χ2n) is 6.17. The van der Waals surface area contributed by atoms with E-state index in [2.05, 4.69) is 10.3 Å². The van der Waals surface area contributed by atoms with Gasteiger partial charge in [-0.05, 0) is 67.7 Å². The van der Waals surface area contributed by atoms with Crippen LogP contribution < -0.4 is 5.32 Å². The summed E-state index contributed by atoms with van der Waals surface area (Å²) in [4.78, 5) is 17.4. The number of hydrogen-bond acceptors (Lipinski definition) is 3. The van der Waals surface area contributed by atoms with Gasteiger partial charge in [0.1, 0.15) is 5.82 Å². The zero-order chi connectivity index (χ0) is 16.5. The van der Waals surface area contributed by atoms with Gasteiger partial charge in [-0.15, -0.1) is 0 Å². The second kappa shape index (κ2) is 6.17. The van der Waals surface area contributed by atoms with E-state index in [1.54, 1.807) is 22.9 Å². The van der Waals surface area contributed by atoms with E-state index in [4.69, 9.17) is 0 Å². The fourth-order valence-electron chi connectivity index (χ4n) is 3.44. The molecule has 1 aliphatic rings. The average molecular weight is 323 g/mol. The molecule has 1 fully saturated rings. The van der Waals surface area contributed by atoms with Crippen LogP contribution in [0, 0.1) is 5.82 Å². The van der Waals surface area contributed by atoms with Crippen molar-refractivity contribution in [3.8, 4) is 0 Å². The molecule has 4 rings (SSSR count). The van der Waals surface area contributed by atoms with Gasteiger partial charge in [0.15, 0.2) is 0 Å². The highest BCUT2D eigenvalue weighted by molar-refractivity contribution is 6.02. The quantitative estimate of drug-likeness (QED) is 0.787. The average Bonchev–Trinajstić information content (AvgIpc) is 3.01. The number of pyridine rings is 1. The minimum Gasteiger partial charge on any atom is -0.317 e. The van der Waals surface area contributed by atoms with Gasteiger partial charge in [0.2, 0.25) is 0 Å². The molecule has 0 saturated carbocycles. The van der Waals surface area contributed by atoms with Gasteiger partial charge in [0.25, 0.3) is 5.91 Å². The Labute approximate surface area is 139 Å². The summed E-state index contributed by atoms with van der Waals surface area (Å²) < 4.78 is 15.1. The van der Waals surface area contributed by atoms with Crippen LogP contribution in [0.2, 0.25) is 0 Å². The number of hydrogen-bond donors (Lipinski definition) is 1. The summed E-state index contributed by atoms with van der Waals surface area (Å²) in [6.07, 6.45) is 5.71. The predicted octanol–water partition coefficient (Wildman–Crippen LogP) is 3.33. The Morgan fingerprint density at radius 2 is 2.04 bits per heavy atom. The van der Waals surface area contributed by atoms with Gasteiger partial charge >= 0.3 is 0 Å². The van der Waals surface area contributed by atoms with E-state index in [1.165, 1.54) is 12.1 Å². The topological polar surface area (TPSA) is 46.9 Å². The molecule has 0 amide bonds. The number of halogens is 1. The van der Waals surface area contributed by atoms with E-state index in [-0.39, 0.29) is 5.91 Å². The number of nitrogens with one attached hydrogen (secondary N) is 1. The number of piperidine rings is 1. The summed E-state index contributed by atoms with van der Waals surface area (Å²) in [7, 11) is 0. The van der Waals surface area contributed by atoms with Crippen molar-refractivity contribution in [2.45, 2.75) is 18.8 Å². The third kappa shape index (κ3) is 2.61. The van der Waals surface area contributed by atoms with Crippen LogP contribution in [-0.4, -0.2) is 28.5 Å². The number of carbonyl (C=O) groups excluding carboxylic acids is 1. The predicted molar refractivity (Wildman–Crippen MR) is 90.7 cm³/mol. The van der Waals surface area contributed by atoms with E-state index < -0.39 is 5.82 Å². The molecular weight excluding hydrogens is 305 g/mol. The van der Waals surface area contributed by atoms with E-state index in [1.807, 2.05) is 18.3 Å². The lowest BCUT2D eigenvalue weighted by molar-refractivity contribution is 0.0964. The summed E-state index contributed by atoms with van der Waals surface area (Å²) in [6.45, 7) is 1.95. The molecular formula is C19H18FN3O. The first-order chi connectivity index (χ1) is 11.7.